The van der Waals surface area contributed by atoms with E-state index in [9.17, 15) is 14.0 Å². The Hall–Kier alpha value is -3.20. The molecule has 1 fully saturated rings. The first-order valence-electron chi connectivity index (χ1n) is 10.4. The molecule has 5 rings (SSSR count). The molecule has 0 aliphatic carbocycles. The first kappa shape index (κ1) is 23.5. The van der Waals surface area contributed by atoms with Crippen molar-refractivity contribution >= 4 is 52.2 Å². The van der Waals surface area contributed by atoms with Gasteiger partial charge in [0.15, 0.2) is 11.5 Å². The minimum atomic E-state index is -0.438. The van der Waals surface area contributed by atoms with E-state index in [4.69, 9.17) is 37.4 Å². The predicted molar refractivity (Wildman–Crippen MR) is 131 cm³/mol. The number of hydrogen-bond donors (Lipinski definition) is 0. The van der Waals surface area contributed by atoms with Gasteiger partial charge in [-0.25, -0.2) is 4.39 Å². The van der Waals surface area contributed by atoms with Gasteiger partial charge in [0.05, 0.1) is 16.5 Å². The van der Waals surface area contributed by atoms with Gasteiger partial charge in [0.1, 0.15) is 18.2 Å². The van der Waals surface area contributed by atoms with Crippen LogP contribution in [0.15, 0.2) is 59.5 Å². The van der Waals surface area contributed by atoms with Crippen LogP contribution in [0, 0.1) is 5.82 Å². The molecule has 178 valence electrons. The second-order valence-corrected chi connectivity index (χ2v) is 9.43. The number of halogens is 3. The standard InChI is InChI=1S/C25H16Cl2FNO5S/c26-18-2-1-3-20(28)17(18)12-32-16-6-4-14(5-7-16)8-23-24(30)29(25(31)35-23)11-15-9-21-22(10-19(15)27)34-13-33-21/h1-10H,11-13H2/b23-8-. The maximum atomic E-state index is 13.9. The fourth-order valence-electron chi connectivity index (χ4n) is 3.52. The van der Waals surface area contributed by atoms with Crippen molar-refractivity contribution in [2.45, 2.75) is 13.2 Å². The van der Waals surface area contributed by atoms with Gasteiger partial charge in [-0.1, -0.05) is 41.4 Å². The van der Waals surface area contributed by atoms with E-state index in [1.165, 1.54) is 12.1 Å². The SMILES string of the molecule is O=C1S/C(=C\c2ccc(OCc3c(F)cccc3Cl)cc2)C(=O)N1Cc1cc2c(cc1Cl)OCO2. The lowest BCUT2D eigenvalue weighted by atomic mass is 10.1. The molecule has 2 heterocycles. The monoisotopic (exact) mass is 531 g/mol. The molecule has 35 heavy (non-hydrogen) atoms. The van der Waals surface area contributed by atoms with Gasteiger partial charge in [0, 0.05) is 16.7 Å². The predicted octanol–water partition coefficient (Wildman–Crippen LogP) is 6.68. The maximum absolute atomic E-state index is 13.9. The van der Waals surface area contributed by atoms with Crippen LogP contribution in [-0.2, 0) is 17.9 Å². The van der Waals surface area contributed by atoms with Crippen LogP contribution in [0.3, 0.4) is 0 Å². The number of hydrogen-bond acceptors (Lipinski definition) is 6. The fourth-order valence-corrected chi connectivity index (χ4v) is 4.79. The highest BCUT2D eigenvalue weighted by Crippen LogP contribution is 2.39. The molecule has 0 bridgehead atoms. The highest BCUT2D eigenvalue weighted by atomic mass is 35.5. The molecular formula is C25H16Cl2FNO5S. The summed E-state index contributed by atoms with van der Waals surface area (Å²) < 4.78 is 30.2. The number of benzene rings is 3. The van der Waals surface area contributed by atoms with Crippen LogP contribution in [0.25, 0.3) is 6.08 Å². The number of rotatable bonds is 6. The van der Waals surface area contributed by atoms with E-state index in [1.54, 1.807) is 48.5 Å². The number of carbonyl (C=O) groups excluding carboxylic acids is 2. The molecule has 0 saturated carbocycles. The van der Waals surface area contributed by atoms with Gasteiger partial charge in [-0.3, -0.25) is 14.5 Å². The van der Waals surface area contributed by atoms with Crippen molar-refractivity contribution in [3.63, 3.8) is 0 Å². The van der Waals surface area contributed by atoms with E-state index in [0.29, 0.717) is 43.3 Å². The van der Waals surface area contributed by atoms with Crippen molar-refractivity contribution in [3.05, 3.63) is 92.1 Å². The van der Waals surface area contributed by atoms with E-state index in [1.807, 2.05) is 0 Å². The Morgan fingerprint density at radius 2 is 1.77 bits per heavy atom. The lowest BCUT2D eigenvalue weighted by Gasteiger charge is -2.14. The number of imide groups is 1. The van der Waals surface area contributed by atoms with Crippen molar-refractivity contribution in [3.8, 4) is 17.2 Å². The van der Waals surface area contributed by atoms with Gasteiger partial charge >= 0.3 is 0 Å². The summed E-state index contributed by atoms with van der Waals surface area (Å²) >= 11 is 13.2. The Morgan fingerprint density at radius 1 is 1.03 bits per heavy atom. The summed E-state index contributed by atoms with van der Waals surface area (Å²) in [7, 11) is 0. The molecule has 0 unspecified atom stereocenters. The number of nitrogens with zero attached hydrogens (tertiary/aromatic N) is 1. The van der Waals surface area contributed by atoms with Crippen LogP contribution in [0.5, 0.6) is 17.2 Å². The Labute approximate surface area is 214 Å². The fraction of sp³-hybridized carbons (Fsp3) is 0.120. The maximum Gasteiger partial charge on any atom is 0.293 e. The average Bonchev–Trinajstić information content (AvgIpc) is 3.39. The molecule has 6 nitrogen and oxygen atoms in total. The molecule has 3 aromatic carbocycles. The van der Waals surface area contributed by atoms with E-state index < -0.39 is 17.0 Å². The molecule has 10 heteroatoms. The molecule has 2 aliphatic rings. The van der Waals surface area contributed by atoms with Crippen molar-refractivity contribution in [2.75, 3.05) is 6.79 Å². The Balaban J connectivity index is 1.26. The number of amides is 2. The zero-order valence-electron chi connectivity index (χ0n) is 17.9. The molecule has 2 amide bonds. The van der Waals surface area contributed by atoms with E-state index in [2.05, 4.69) is 0 Å². The van der Waals surface area contributed by atoms with Gasteiger partial charge in [-0.2, -0.15) is 0 Å². The summed E-state index contributed by atoms with van der Waals surface area (Å²) in [5.41, 5.74) is 1.55. The van der Waals surface area contributed by atoms with Crippen LogP contribution >= 0.6 is 35.0 Å². The lowest BCUT2D eigenvalue weighted by Crippen LogP contribution is -2.27. The zero-order chi connectivity index (χ0) is 24.5. The van der Waals surface area contributed by atoms with Crippen LogP contribution in [0.1, 0.15) is 16.7 Å². The third kappa shape index (κ3) is 4.96. The summed E-state index contributed by atoms with van der Waals surface area (Å²) in [4.78, 5) is 26.9. The minimum Gasteiger partial charge on any atom is -0.489 e. The molecule has 0 spiro atoms. The van der Waals surface area contributed by atoms with Crippen LogP contribution < -0.4 is 14.2 Å². The summed E-state index contributed by atoms with van der Waals surface area (Å²) in [6.07, 6.45) is 1.63. The van der Waals surface area contributed by atoms with Crippen molar-refractivity contribution in [1.29, 1.82) is 0 Å². The Kier molecular flexibility index (Phi) is 6.60. The summed E-state index contributed by atoms with van der Waals surface area (Å²) in [6.45, 7) is 0.0924. The number of ether oxygens (including phenoxy) is 3. The smallest absolute Gasteiger partial charge is 0.293 e. The van der Waals surface area contributed by atoms with Gasteiger partial charge in [-0.15, -0.1) is 0 Å². The summed E-state index contributed by atoms with van der Waals surface area (Å²) in [6, 6.07) is 14.6. The largest absolute Gasteiger partial charge is 0.489 e. The zero-order valence-corrected chi connectivity index (χ0v) is 20.3. The van der Waals surface area contributed by atoms with Gasteiger partial charge in [0.25, 0.3) is 11.1 Å². The number of thioether (sulfide) groups is 1. The van der Waals surface area contributed by atoms with E-state index >= 15 is 0 Å². The number of fused-ring (bicyclic) bond motifs is 1. The van der Waals surface area contributed by atoms with Crippen molar-refractivity contribution < 1.29 is 28.2 Å². The molecular weight excluding hydrogens is 516 g/mol. The second kappa shape index (κ2) is 9.81. The molecule has 0 atom stereocenters. The Morgan fingerprint density at radius 3 is 2.51 bits per heavy atom. The van der Waals surface area contributed by atoms with Gasteiger partial charge in [0.2, 0.25) is 6.79 Å². The lowest BCUT2D eigenvalue weighted by molar-refractivity contribution is -0.123. The second-order valence-electron chi connectivity index (χ2n) is 7.62. The third-order valence-corrected chi connectivity index (χ3v) is 6.98. The third-order valence-electron chi connectivity index (χ3n) is 5.37. The molecule has 3 aromatic rings. The van der Waals surface area contributed by atoms with Crippen molar-refractivity contribution in [2.24, 2.45) is 0 Å². The molecule has 0 radical (unpaired) electrons. The van der Waals surface area contributed by atoms with Gasteiger partial charge < -0.3 is 14.2 Å². The summed E-state index contributed by atoms with van der Waals surface area (Å²) in [5.74, 6) is 0.700. The molecule has 0 N–H and O–H groups in total. The van der Waals surface area contributed by atoms with Crippen LogP contribution in [-0.4, -0.2) is 22.8 Å². The first-order valence-corrected chi connectivity index (χ1v) is 12.0. The van der Waals surface area contributed by atoms with Gasteiger partial charge in [-0.05, 0) is 59.3 Å². The molecule has 1 saturated heterocycles. The average molecular weight is 532 g/mol. The Bertz CT molecular complexity index is 1340. The molecule has 0 aromatic heterocycles. The first-order chi connectivity index (χ1) is 16.9. The topological polar surface area (TPSA) is 65.1 Å². The van der Waals surface area contributed by atoms with Crippen LogP contribution in [0.4, 0.5) is 9.18 Å². The normalized spacial score (nSPS) is 15.9. The minimum absolute atomic E-state index is 0.0167. The highest BCUT2D eigenvalue weighted by molar-refractivity contribution is 8.18. The summed E-state index contributed by atoms with van der Waals surface area (Å²) in [5, 5.41) is 0.278. The quantitative estimate of drug-likeness (QED) is 0.330. The van der Waals surface area contributed by atoms with E-state index in [0.717, 1.165) is 16.7 Å². The van der Waals surface area contributed by atoms with Crippen molar-refractivity contribution in [1.82, 2.24) is 4.90 Å². The number of carbonyl (C=O) groups is 2. The highest BCUT2D eigenvalue weighted by Gasteiger charge is 2.35. The molecule has 2 aliphatic heterocycles. The van der Waals surface area contributed by atoms with E-state index in [-0.39, 0.29) is 25.5 Å². The van der Waals surface area contributed by atoms with Crippen LogP contribution in [0.2, 0.25) is 10.0 Å².